The van der Waals surface area contributed by atoms with Crippen LogP contribution in [-0.2, 0) is 11.2 Å². The minimum atomic E-state index is -0.225. The lowest BCUT2D eigenvalue weighted by molar-refractivity contribution is 0.0605. The number of carbonyl (C=O) groups excluding carboxylic acids is 1. The third kappa shape index (κ3) is 1.60. The molecule has 1 aromatic rings. The van der Waals surface area contributed by atoms with E-state index < -0.39 is 0 Å². The standard InChI is InChI=1S/C8H10O2S/c1-3-6-4-5-11-7(6)8(9)10-2/h4-5H,3H2,1-2H3. The second-order valence-corrected chi connectivity index (χ2v) is 3.04. The second-order valence-electron chi connectivity index (χ2n) is 2.12. The molecule has 1 rings (SSSR count). The molecule has 60 valence electrons. The van der Waals surface area contributed by atoms with Crippen molar-refractivity contribution in [2.75, 3.05) is 7.11 Å². The van der Waals surface area contributed by atoms with Crippen LogP contribution >= 0.6 is 11.3 Å². The van der Waals surface area contributed by atoms with E-state index in [0.717, 1.165) is 16.9 Å². The first-order chi connectivity index (χ1) is 5.29. The molecule has 3 heteroatoms. The van der Waals surface area contributed by atoms with Gasteiger partial charge in [0, 0.05) is 0 Å². The molecule has 0 atom stereocenters. The molecule has 0 amide bonds. The summed E-state index contributed by atoms with van der Waals surface area (Å²) in [4.78, 5) is 11.8. The maximum atomic E-state index is 11.0. The molecule has 0 saturated carbocycles. The highest BCUT2D eigenvalue weighted by molar-refractivity contribution is 7.12. The number of rotatable bonds is 2. The molecule has 1 aromatic heterocycles. The van der Waals surface area contributed by atoms with Crippen LogP contribution in [0.4, 0.5) is 0 Å². The fourth-order valence-electron chi connectivity index (χ4n) is 0.886. The highest BCUT2D eigenvalue weighted by atomic mass is 32.1. The van der Waals surface area contributed by atoms with Gasteiger partial charge in [0.25, 0.3) is 0 Å². The fourth-order valence-corrected chi connectivity index (χ4v) is 1.80. The van der Waals surface area contributed by atoms with Crippen LogP contribution < -0.4 is 0 Å². The predicted molar refractivity (Wildman–Crippen MR) is 45.0 cm³/mol. The summed E-state index contributed by atoms with van der Waals surface area (Å²) in [6, 6.07) is 1.96. The number of methoxy groups -OCH3 is 1. The van der Waals surface area contributed by atoms with Gasteiger partial charge in [-0.15, -0.1) is 11.3 Å². The van der Waals surface area contributed by atoms with Crippen LogP contribution in [0.25, 0.3) is 0 Å². The molecule has 0 fully saturated rings. The summed E-state index contributed by atoms with van der Waals surface area (Å²) in [6.07, 6.45) is 0.883. The Kier molecular flexibility index (Phi) is 2.65. The zero-order valence-corrected chi connectivity index (χ0v) is 7.40. The summed E-state index contributed by atoms with van der Waals surface area (Å²) in [5.74, 6) is -0.225. The number of aryl methyl sites for hydroxylation is 1. The molecule has 0 aliphatic rings. The molecule has 0 spiro atoms. The second kappa shape index (κ2) is 3.53. The molecule has 2 nitrogen and oxygen atoms in total. The largest absolute Gasteiger partial charge is 0.465 e. The average Bonchev–Trinajstić information content (AvgIpc) is 2.50. The van der Waals surface area contributed by atoms with E-state index in [1.807, 2.05) is 18.4 Å². The maximum absolute atomic E-state index is 11.0. The van der Waals surface area contributed by atoms with Crippen molar-refractivity contribution < 1.29 is 9.53 Å². The van der Waals surface area contributed by atoms with Gasteiger partial charge in [-0.2, -0.15) is 0 Å². The van der Waals surface area contributed by atoms with Gasteiger partial charge < -0.3 is 4.74 Å². The van der Waals surface area contributed by atoms with Crippen molar-refractivity contribution in [3.63, 3.8) is 0 Å². The molecule has 0 aliphatic carbocycles. The Morgan fingerprint density at radius 2 is 2.45 bits per heavy atom. The number of thiophene rings is 1. The van der Waals surface area contributed by atoms with Crippen molar-refractivity contribution in [1.82, 2.24) is 0 Å². The minimum Gasteiger partial charge on any atom is -0.465 e. The molecule has 0 bridgehead atoms. The van der Waals surface area contributed by atoms with E-state index in [-0.39, 0.29) is 5.97 Å². The molecule has 0 unspecified atom stereocenters. The molecule has 0 N–H and O–H groups in total. The van der Waals surface area contributed by atoms with Crippen molar-refractivity contribution in [2.24, 2.45) is 0 Å². The highest BCUT2D eigenvalue weighted by Gasteiger charge is 2.10. The maximum Gasteiger partial charge on any atom is 0.348 e. The van der Waals surface area contributed by atoms with Crippen LogP contribution in [0.15, 0.2) is 11.4 Å². The summed E-state index contributed by atoms with van der Waals surface area (Å²) in [7, 11) is 1.40. The Labute approximate surface area is 69.8 Å². The molecule has 11 heavy (non-hydrogen) atoms. The minimum absolute atomic E-state index is 0.225. The first-order valence-corrected chi connectivity index (χ1v) is 4.32. The van der Waals surface area contributed by atoms with Gasteiger partial charge in [0.05, 0.1) is 7.11 Å². The Morgan fingerprint density at radius 3 is 3.00 bits per heavy atom. The van der Waals surface area contributed by atoms with E-state index in [4.69, 9.17) is 0 Å². The van der Waals surface area contributed by atoms with Crippen LogP contribution in [0.5, 0.6) is 0 Å². The number of ether oxygens (including phenoxy) is 1. The quantitative estimate of drug-likeness (QED) is 0.635. The van der Waals surface area contributed by atoms with Gasteiger partial charge in [-0.25, -0.2) is 4.79 Å². The van der Waals surface area contributed by atoms with Gasteiger partial charge in [-0.3, -0.25) is 0 Å². The Morgan fingerprint density at radius 1 is 1.73 bits per heavy atom. The van der Waals surface area contributed by atoms with E-state index in [0.29, 0.717) is 0 Å². The number of hydrogen-bond acceptors (Lipinski definition) is 3. The third-order valence-electron chi connectivity index (χ3n) is 1.50. The summed E-state index contributed by atoms with van der Waals surface area (Å²) in [5.41, 5.74) is 1.07. The summed E-state index contributed by atoms with van der Waals surface area (Å²) < 4.78 is 4.61. The van der Waals surface area contributed by atoms with E-state index in [9.17, 15) is 4.79 Å². The smallest absolute Gasteiger partial charge is 0.348 e. The molecule has 0 radical (unpaired) electrons. The number of esters is 1. The lowest BCUT2D eigenvalue weighted by Crippen LogP contribution is -2.00. The Bertz CT molecular complexity index is 252. The zero-order valence-electron chi connectivity index (χ0n) is 6.59. The topological polar surface area (TPSA) is 26.3 Å². The predicted octanol–water partition coefficient (Wildman–Crippen LogP) is 2.10. The van der Waals surface area contributed by atoms with Crippen molar-refractivity contribution >= 4 is 17.3 Å². The molecular weight excluding hydrogens is 160 g/mol. The summed E-state index contributed by atoms with van der Waals surface area (Å²) >= 11 is 1.43. The van der Waals surface area contributed by atoms with Crippen molar-refractivity contribution in [2.45, 2.75) is 13.3 Å². The van der Waals surface area contributed by atoms with E-state index in [2.05, 4.69) is 4.74 Å². The van der Waals surface area contributed by atoms with E-state index in [1.54, 1.807) is 0 Å². The van der Waals surface area contributed by atoms with Gasteiger partial charge in [-0.1, -0.05) is 6.92 Å². The van der Waals surface area contributed by atoms with Gasteiger partial charge >= 0.3 is 5.97 Å². The van der Waals surface area contributed by atoms with Gasteiger partial charge in [0.1, 0.15) is 4.88 Å². The fraction of sp³-hybridized carbons (Fsp3) is 0.375. The molecule has 1 heterocycles. The van der Waals surface area contributed by atoms with E-state index >= 15 is 0 Å². The Balaban J connectivity index is 2.92. The van der Waals surface area contributed by atoms with E-state index in [1.165, 1.54) is 18.4 Å². The van der Waals surface area contributed by atoms with Crippen molar-refractivity contribution in [1.29, 1.82) is 0 Å². The van der Waals surface area contributed by atoms with Crippen LogP contribution in [0.2, 0.25) is 0 Å². The Hall–Kier alpha value is -0.830. The van der Waals surface area contributed by atoms with Crippen LogP contribution in [0.3, 0.4) is 0 Å². The van der Waals surface area contributed by atoms with Gasteiger partial charge in [-0.05, 0) is 23.4 Å². The molecular formula is C8H10O2S. The monoisotopic (exact) mass is 170 g/mol. The van der Waals surface area contributed by atoms with Crippen molar-refractivity contribution in [3.8, 4) is 0 Å². The normalized spacial score (nSPS) is 9.64. The van der Waals surface area contributed by atoms with Gasteiger partial charge in [0.2, 0.25) is 0 Å². The lowest BCUT2D eigenvalue weighted by atomic mass is 10.2. The molecule has 0 aromatic carbocycles. The van der Waals surface area contributed by atoms with Crippen molar-refractivity contribution in [3.05, 3.63) is 21.9 Å². The molecule has 0 saturated heterocycles. The highest BCUT2D eigenvalue weighted by Crippen LogP contribution is 2.17. The average molecular weight is 170 g/mol. The van der Waals surface area contributed by atoms with Crippen LogP contribution in [0.1, 0.15) is 22.2 Å². The van der Waals surface area contributed by atoms with Gasteiger partial charge in [0.15, 0.2) is 0 Å². The summed E-state index contributed by atoms with van der Waals surface area (Å²) in [6.45, 7) is 2.02. The lowest BCUT2D eigenvalue weighted by Gasteiger charge is -1.97. The third-order valence-corrected chi connectivity index (χ3v) is 2.44. The summed E-state index contributed by atoms with van der Waals surface area (Å²) in [5, 5.41) is 1.91. The van der Waals surface area contributed by atoms with Crippen LogP contribution in [-0.4, -0.2) is 13.1 Å². The first kappa shape index (κ1) is 8.27. The number of hydrogen-bond donors (Lipinski definition) is 0. The first-order valence-electron chi connectivity index (χ1n) is 3.44. The zero-order chi connectivity index (χ0) is 8.27. The SMILES string of the molecule is CCc1ccsc1C(=O)OC. The molecule has 0 aliphatic heterocycles. The van der Waals surface area contributed by atoms with Crippen LogP contribution in [0, 0.1) is 0 Å². The number of carbonyl (C=O) groups is 1.